The summed E-state index contributed by atoms with van der Waals surface area (Å²) < 4.78 is 45.3. The SMILES string of the molecule is CC(C)[O][Ti]123(=[O])([CH2]CCC(N)(N)[O]1)([CH2]CCC(N)(N)[O]2)[O]CCCC(N)(N)O[O]3. The van der Waals surface area contributed by atoms with Crippen molar-refractivity contribution >= 4 is 0 Å². The van der Waals surface area contributed by atoms with Gasteiger partial charge in [0, 0.05) is 0 Å². The molecule has 14 heteroatoms. The summed E-state index contributed by atoms with van der Waals surface area (Å²) in [6.07, 6.45) is -0.263. The molecule has 3 aliphatic heterocycles. The van der Waals surface area contributed by atoms with Crippen LogP contribution in [0.3, 0.4) is 0 Å². The molecule has 12 N–H and O–H groups in total. The van der Waals surface area contributed by atoms with Crippen molar-refractivity contribution in [3.8, 4) is 0 Å². The summed E-state index contributed by atoms with van der Waals surface area (Å²) in [6, 6.07) is 0. The molecule has 0 radical (unpaired) electrons. The molecule has 0 unspecified atom stereocenters. The molecule has 0 aromatic rings. The van der Waals surface area contributed by atoms with E-state index >= 15 is 3.32 Å². The van der Waals surface area contributed by atoms with Crippen molar-refractivity contribution in [3.63, 3.8) is 0 Å². The van der Waals surface area contributed by atoms with Gasteiger partial charge in [-0.1, -0.05) is 0 Å². The molecule has 3 rings (SSSR count). The molecule has 173 valence electrons. The average molecular weight is 461 g/mol. The Labute approximate surface area is 165 Å². The van der Waals surface area contributed by atoms with Gasteiger partial charge in [-0.25, -0.2) is 0 Å². The van der Waals surface area contributed by atoms with Crippen LogP contribution in [0.25, 0.3) is 0 Å². The van der Waals surface area contributed by atoms with Crippen LogP contribution < -0.4 is 34.4 Å². The molecule has 0 aromatic carbocycles. The zero-order valence-corrected chi connectivity index (χ0v) is 18.8. The quantitative estimate of drug-likeness (QED) is 0.174. The van der Waals surface area contributed by atoms with Gasteiger partial charge >= 0.3 is 165 Å². The van der Waals surface area contributed by atoms with Crippen LogP contribution >= 0.6 is 0 Å². The zero-order valence-electron chi connectivity index (χ0n) is 17.3. The second-order valence-electron chi connectivity index (χ2n) is 10.3. The van der Waals surface area contributed by atoms with Crippen LogP contribution in [0.5, 0.6) is 0 Å². The molecule has 3 heterocycles. The van der Waals surface area contributed by atoms with Crippen molar-refractivity contribution in [1.29, 1.82) is 0 Å². The first-order valence-electron chi connectivity index (χ1n) is 10.2. The van der Waals surface area contributed by atoms with E-state index in [1.807, 2.05) is 0 Å². The van der Waals surface area contributed by atoms with Gasteiger partial charge in [-0.2, -0.15) is 0 Å². The summed E-state index contributed by atoms with van der Waals surface area (Å²) in [7, 11) is 0. The second kappa shape index (κ2) is 5.00. The van der Waals surface area contributed by atoms with Crippen LogP contribution in [0.1, 0.15) is 52.4 Å². The van der Waals surface area contributed by atoms with E-state index in [1.54, 1.807) is 13.8 Å². The first-order chi connectivity index (χ1) is 12.8. The Kier molecular flexibility index (Phi) is 4.08. The van der Waals surface area contributed by atoms with E-state index < -0.39 is 46.5 Å². The fraction of sp³-hybridized carbons (Fsp3) is 1.00. The topological polar surface area (TPSA) is 229 Å². The predicted molar refractivity (Wildman–Crippen MR) is 97.8 cm³/mol. The summed E-state index contributed by atoms with van der Waals surface area (Å²) in [6.45, 7) is 2.91. The molecule has 1 spiro atoms. The van der Waals surface area contributed by atoms with Crippen LogP contribution in [0.4, 0.5) is 0 Å². The molecule has 0 atom stereocenters. The molecule has 13 nitrogen and oxygen atoms in total. The maximum absolute atomic E-state index is 16.3. The van der Waals surface area contributed by atoms with E-state index in [0.29, 0.717) is 0 Å². The molecule has 3 aliphatic rings. The molecule has 0 amide bonds. The Morgan fingerprint density at radius 3 is 1.76 bits per heavy atom. The Morgan fingerprint density at radius 1 is 0.828 bits per heavy atom. The van der Waals surface area contributed by atoms with Gasteiger partial charge in [-0.05, 0) is 0 Å². The van der Waals surface area contributed by atoms with Crippen molar-refractivity contribution in [2.24, 2.45) is 34.4 Å². The average Bonchev–Trinajstić information content (AvgIpc) is 2.47. The number of hydrogen-bond donors (Lipinski definition) is 6. The summed E-state index contributed by atoms with van der Waals surface area (Å²) in [5.74, 6) is -5.99. The third-order valence-electron chi connectivity index (χ3n) is 6.59. The maximum atomic E-state index is 16.3. The molecule has 3 saturated heterocycles. The normalized spacial score (nSPS) is 41.4. The van der Waals surface area contributed by atoms with Crippen LogP contribution in [0, 0.1) is 0 Å². The Bertz CT molecular complexity index is 860. The fourth-order valence-corrected chi connectivity index (χ4v) is 21.9. The van der Waals surface area contributed by atoms with Gasteiger partial charge in [-0.15, -0.1) is 0 Å². The van der Waals surface area contributed by atoms with Crippen molar-refractivity contribution in [1.82, 2.24) is 0 Å². The van der Waals surface area contributed by atoms with Gasteiger partial charge in [0.25, 0.3) is 0 Å². The van der Waals surface area contributed by atoms with E-state index in [4.69, 9.17) is 56.0 Å². The van der Waals surface area contributed by atoms with Crippen molar-refractivity contribution in [2.45, 2.75) is 85.5 Å². The third-order valence-corrected chi connectivity index (χ3v) is 20.9. The summed E-state index contributed by atoms with van der Waals surface area (Å²) >= 11 is -9.05. The number of rotatable bonds is 2. The van der Waals surface area contributed by atoms with Crippen LogP contribution in [0.15, 0.2) is 0 Å². The Morgan fingerprint density at radius 2 is 1.31 bits per heavy atom. The van der Waals surface area contributed by atoms with E-state index in [2.05, 4.69) is 0 Å². The van der Waals surface area contributed by atoms with E-state index in [-0.39, 0.29) is 45.1 Å². The standard InChI is InChI=1S/C4H11N2O3.2C4H10N2O.C3H7O.O.Ti/c5-4(6,9-8)2-1-3-7;2*1-2-3-4(5,6)7;1-3(2)4;;/h8H,1-3,5-6H2;2*1-3,5-6H2;3H,1-2H3;;/q4*-1;;+5/p-1. The molecular weight excluding hydrogens is 424 g/mol. The molecule has 3 fully saturated rings. The summed E-state index contributed by atoms with van der Waals surface area (Å²) in [5.41, 5.74) is 36.6. The van der Waals surface area contributed by atoms with Crippen LogP contribution in [0.2, 0.25) is 9.45 Å². The third kappa shape index (κ3) is 3.20. The number of hydrogen-bond acceptors (Lipinski definition) is 13. The predicted octanol–water partition coefficient (Wildman–Crippen LogP) is -0.442. The van der Waals surface area contributed by atoms with Gasteiger partial charge in [0.15, 0.2) is 0 Å². The molecule has 29 heavy (non-hydrogen) atoms. The first kappa shape index (κ1) is 23.7. The number of nitrogens with two attached hydrogens (primary N) is 6. The van der Waals surface area contributed by atoms with Crippen LogP contribution in [-0.4, -0.2) is 30.3 Å². The van der Waals surface area contributed by atoms with Crippen molar-refractivity contribution in [3.05, 3.63) is 0 Å². The minimum absolute atomic E-state index is 0.0603. The van der Waals surface area contributed by atoms with E-state index in [1.165, 1.54) is 0 Å². The van der Waals surface area contributed by atoms with E-state index in [9.17, 15) is 0 Å². The Balaban J connectivity index is 2.50. The first-order valence-corrected chi connectivity index (χ1v) is 16.2. The minimum atomic E-state index is -9.05. The monoisotopic (exact) mass is 461 g/mol. The van der Waals surface area contributed by atoms with Crippen molar-refractivity contribution in [2.75, 3.05) is 6.61 Å². The zero-order chi connectivity index (χ0) is 22.0. The van der Waals surface area contributed by atoms with Gasteiger partial charge < -0.3 is 0 Å². The summed E-state index contributed by atoms with van der Waals surface area (Å²) in [4.78, 5) is 5.34. The Hall–Kier alpha value is 0.0343. The molecular formula is C15H37N6O7Ti. The van der Waals surface area contributed by atoms with Gasteiger partial charge in [0.1, 0.15) is 0 Å². The van der Waals surface area contributed by atoms with Crippen LogP contribution in [-0.2, 0) is 38.3 Å². The van der Waals surface area contributed by atoms with Gasteiger partial charge in [-0.3, -0.25) is 0 Å². The van der Waals surface area contributed by atoms with Gasteiger partial charge in [0.05, 0.1) is 0 Å². The molecule has 0 bridgehead atoms. The molecule has 0 aromatic heterocycles. The van der Waals surface area contributed by atoms with E-state index in [0.717, 1.165) is 0 Å². The van der Waals surface area contributed by atoms with Gasteiger partial charge in [0.2, 0.25) is 0 Å². The molecule has 0 saturated carbocycles. The second-order valence-corrected chi connectivity index (χ2v) is 23.7. The molecule has 0 aliphatic carbocycles. The fourth-order valence-electron chi connectivity index (χ4n) is 6.03. The summed E-state index contributed by atoms with van der Waals surface area (Å²) in [5, 5.41) is 0. The van der Waals surface area contributed by atoms with Crippen molar-refractivity contribution < 1.29 is 38.3 Å².